The van der Waals surface area contributed by atoms with E-state index in [-0.39, 0.29) is 11.5 Å². The summed E-state index contributed by atoms with van der Waals surface area (Å²) in [5.41, 5.74) is 5.90. The molecule has 1 amide bonds. The van der Waals surface area contributed by atoms with Gasteiger partial charge in [0.1, 0.15) is 5.54 Å². The molecule has 1 aliphatic heterocycles. The van der Waals surface area contributed by atoms with Crippen molar-refractivity contribution in [2.75, 3.05) is 20.2 Å². The van der Waals surface area contributed by atoms with Crippen LogP contribution in [0.1, 0.15) is 32.3 Å². The molecule has 0 bridgehead atoms. The number of nitrogens with two attached hydrogens (primary N) is 1. The van der Waals surface area contributed by atoms with Crippen LogP contribution in [0.3, 0.4) is 0 Å². The van der Waals surface area contributed by atoms with Gasteiger partial charge < -0.3 is 15.4 Å². The number of methoxy groups -OCH3 is 1. The molecule has 1 heterocycles. The van der Waals surface area contributed by atoms with Gasteiger partial charge >= 0.3 is 0 Å². The van der Waals surface area contributed by atoms with Gasteiger partial charge in [0.15, 0.2) is 0 Å². The largest absolute Gasteiger partial charge is 0.377 e. The third kappa shape index (κ3) is 2.86. The van der Waals surface area contributed by atoms with Gasteiger partial charge in [-0.25, -0.2) is 0 Å². The van der Waals surface area contributed by atoms with Gasteiger partial charge in [-0.15, -0.1) is 0 Å². The third-order valence-electron chi connectivity index (χ3n) is 4.26. The van der Waals surface area contributed by atoms with Gasteiger partial charge in [-0.3, -0.25) is 4.79 Å². The van der Waals surface area contributed by atoms with Crippen LogP contribution < -0.4 is 5.73 Å². The van der Waals surface area contributed by atoms with Crippen molar-refractivity contribution in [3.05, 3.63) is 35.9 Å². The normalized spacial score (nSPS) is 26.1. The standard InChI is InChI=1S/C16H24N2O2/c1-15(20-3)10-7-11-18(12-15)14(19)16(2,17)13-8-5-4-6-9-13/h4-6,8-9H,7,10-12,17H2,1-3H3. The molecule has 110 valence electrons. The van der Waals surface area contributed by atoms with E-state index in [4.69, 9.17) is 10.5 Å². The van der Waals surface area contributed by atoms with Gasteiger partial charge in [-0.05, 0) is 32.3 Å². The summed E-state index contributed by atoms with van der Waals surface area (Å²) in [6.45, 7) is 5.17. The van der Waals surface area contributed by atoms with Crippen LogP contribution in [0.4, 0.5) is 0 Å². The van der Waals surface area contributed by atoms with Crippen molar-refractivity contribution >= 4 is 5.91 Å². The van der Waals surface area contributed by atoms with Crippen molar-refractivity contribution in [2.45, 2.75) is 37.8 Å². The Morgan fingerprint density at radius 3 is 2.65 bits per heavy atom. The van der Waals surface area contributed by atoms with Crippen LogP contribution in [0.25, 0.3) is 0 Å². The lowest BCUT2D eigenvalue weighted by Crippen LogP contribution is -2.57. The lowest BCUT2D eigenvalue weighted by Gasteiger charge is -2.42. The highest BCUT2D eigenvalue weighted by Gasteiger charge is 2.39. The molecule has 0 saturated carbocycles. The highest BCUT2D eigenvalue weighted by atomic mass is 16.5. The quantitative estimate of drug-likeness (QED) is 0.917. The average molecular weight is 276 g/mol. The van der Waals surface area contributed by atoms with Gasteiger partial charge in [0.25, 0.3) is 0 Å². The second-order valence-electron chi connectivity index (χ2n) is 6.05. The predicted octanol–water partition coefficient (Wildman–Crippen LogP) is 1.89. The highest BCUT2D eigenvalue weighted by molar-refractivity contribution is 5.87. The molecular weight excluding hydrogens is 252 g/mol. The molecule has 0 spiro atoms. The highest BCUT2D eigenvalue weighted by Crippen LogP contribution is 2.28. The number of nitrogens with zero attached hydrogens (tertiary/aromatic N) is 1. The number of piperidine rings is 1. The first-order valence-electron chi connectivity index (χ1n) is 7.08. The Hall–Kier alpha value is -1.39. The Labute approximate surface area is 120 Å². The van der Waals surface area contributed by atoms with Crippen molar-refractivity contribution in [2.24, 2.45) is 5.73 Å². The lowest BCUT2D eigenvalue weighted by molar-refractivity contribution is -0.144. The number of carbonyl (C=O) groups is 1. The number of hydrogen-bond donors (Lipinski definition) is 1. The van der Waals surface area contributed by atoms with E-state index in [1.807, 2.05) is 42.2 Å². The fourth-order valence-electron chi connectivity index (χ4n) is 2.78. The Morgan fingerprint density at radius 1 is 1.40 bits per heavy atom. The van der Waals surface area contributed by atoms with Crippen molar-refractivity contribution < 1.29 is 9.53 Å². The average Bonchev–Trinajstić information content (AvgIpc) is 2.47. The summed E-state index contributed by atoms with van der Waals surface area (Å²) >= 11 is 0. The maximum atomic E-state index is 12.8. The molecule has 2 unspecified atom stereocenters. The van der Waals surface area contributed by atoms with E-state index < -0.39 is 5.54 Å². The topological polar surface area (TPSA) is 55.6 Å². The van der Waals surface area contributed by atoms with E-state index in [0.29, 0.717) is 6.54 Å². The Bertz CT molecular complexity index is 473. The molecule has 4 nitrogen and oxygen atoms in total. The van der Waals surface area contributed by atoms with Crippen LogP contribution in [-0.4, -0.2) is 36.6 Å². The number of hydrogen-bond acceptors (Lipinski definition) is 3. The number of ether oxygens (including phenoxy) is 1. The molecule has 0 aliphatic carbocycles. The molecule has 1 aromatic carbocycles. The van der Waals surface area contributed by atoms with Gasteiger partial charge in [-0.1, -0.05) is 30.3 Å². The summed E-state index contributed by atoms with van der Waals surface area (Å²) in [4.78, 5) is 14.6. The van der Waals surface area contributed by atoms with E-state index in [1.165, 1.54) is 0 Å². The summed E-state index contributed by atoms with van der Waals surface area (Å²) in [5, 5.41) is 0. The Morgan fingerprint density at radius 2 is 2.05 bits per heavy atom. The zero-order valence-corrected chi connectivity index (χ0v) is 12.6. The summed E-state index contributed by atoms with van der Waals surface area (Å²) < 4.78 is 5.54. The molecule has 2 N–H and O–H groups in total. The molecule has 2 rings (SSSR count). The number of amides is 1. The lowest BCUT2D eigenvalue weighted by atomic mass is 9.88. The minimum absolute atomic E-state index is 0.0355. The van der Waals surface area contributed by atoms with Gasteiger partial charge in [0.2, 0.25) is 5.91 Å². The van der Waals surface area contributed by atoms with Crippen molar-refractivity contribution in [3.8, 4) is 0 Å². The number of carbonyl (C=O) groups excluding carboxylic acids is 1. The molecule has 1 aromatic rings. The fourth-order valence-corrected chi connectivity index (χ4v) is 2.78. The smallest absolute Gasteiger partial charge is 0.247 e. The van der Waals surface area contributed by atoms with Gasteiger partial charge in [0, 0.05) is 20.2 Å². The molecule has 1 saturated heterocycles. The maximum Gasteiger partial charge on any atom is 0.247 e. The number of rotatable bonds is 3. The number of benzene rings is 1. The van der Waals surface area contributed by atoms with Gasteiger partial charge in [-0.2, -0.15) is 0 Å². The zero-order chi connectivity index (χ0) is 14.8. The summed E-state index contributed by atoms with van der Waals surface area (Å²) in [6.07, 6.45) is 1.92. The minimum Gasteiger partial charge on any atom is -0.377 e. The second kappa shape index (κ2) is 5.54. The molecule has 1 aliphatic rings. The van der Waals surface area contributed by atoms with E-state index in [2.05, 4.69) is 0 Å². The van der Waals surface area contributed by atoms with Crippen LogP contribution in [0, 0.1) is 0 Å². The first kappa shape index (κ1) is 15.0. The van der Waals surface area contributed by atoms with Gasteiger partial charge in [0.05, 0.1) is 5.60 Å². The van der Waals surface area contributed by atoms with Crippen LogP contribution in [0.2, 0.25) is 0 Å². The van der Waals surface area contributed by atoms with E-state index in [0.717, 1.165) is 24.9 Å². The first-order chi connectivity index (χ1) is 9.39. The van der Waals surface area contributed by atoms with Crippen molar-refractivity contribution in [1.82, 2.24) is 4.90 Å². The Kier molecular flexibility index (Phi) is 4.16. The monoisotopic (exact) mass is 276 g/mol. The molecule has 0 radical (unpaired) electrons. The summed E-state index contributed by atoms with van der Waals surface area (Å²) in [5.74, 6) is -0.0355. The van der Waals surface area contributed by atoms with Crippen molar-refractivity contribution in [3.63, 3.8) is 0 Å². The summed E-state index contributed by atoms with van der Waals surface area (Å²) in [7, 11) is 1.70. The zero-order valence-electron chi connectivity index (χ0n) is 12.6. The predicted molar refractivity (Wildman–Crippen MR) is 79.2 cm³/mol. The van der Waals surface area contributed by atoms with E-state index in [1.54, 1.807) is 14.0 Å². The second-order valence-corrected chi connectivity index (χ2v) is 6.05. The van der Waals surface area contributed by atoms with Crippen molar-refractivity contribution in [1.29, 1.82) is 0 Å². The first-order valence-corrected chi connectivity index (χ1v) is 7.08. The molecule has 1 fully saturated rings. The van der Waals surface area contributed by atoms with Crippen LogP contribution >= 0.6 is 0 Å². The molecule has 0 aromatic heterocycles. The fraction of sp³-hybridized carbons (Fsp3) is 0.562. The third-order valence-corrected chi connectivity index (χ3v) is 4.26. The molecular formula is C16H24N2O2. The molecule has 4 heteroatoms. The van der Waals surface area contributed by atoms with Crippen LogP contribution in [0.15, 0.2) is 30.3 Å². The summed E-state index contributed by atoms with van der Waals surface area (Å²) in [6, 6.07) is 9.54. The SMILES string of the molecule is COC1(C)CCCN(C(=O)C(C)(N)c2ccccc2)C1. The van der Waals surface area contributed by atoms with Crippen LogP contribution in [-0.2, 0) is 15.1 Å². The van der Waals surface area contributed by atoms with E-state index in [9.17, 15) is 4.79 Å². The van der Waals surface area contributed by atoms with Crippen LogP contribution in [0.5, 0.6) is 0 Å². The molecule has 2 atom stereocenters. The minimum atomic E-state index is -0.993. The number of likely N-dealkylation sites (tertiary alicyclic amines) is 1. The maximum absolute atomic E-state index is 12.8. The van der Waals surface area contributed by atoms with E-state index >= 15 is 0 Å². The molecule has 20 heavy (non-hydrogen) atoms. The Balaban J connectivity index is 2.18.